The summed E-state index contributed by atoms with van der Waals surface area (Å²) in [7, 11) is 0. The highest BCUT2D eigenvalue weighted by Gasteiger charge is 2.13. The Hall–Kier alpha value is -2.45. The molecule has 0 atom stereocenters. The fourth-order valence-electron chi connectivity index (χ4n) is 2.51. The number of amides is 2. The molecule has 1 aromatic carbocycles. The Labute approximate surface area is 169 Å². The number of thiazole rings is 1. The van der Waals surface area contributed by atoms with Crippen LogP contribution in [0.15, 0.2) is 44.6 Å². The van der Waals surface area contributed by atoms with Crippen molar-refractivity contribution in [3.8, 4) is 11.3 Å². The van der Waals surface area contributed by atoms with Crippen molar-refractivity contribution < 1.29 is 14.0 Å². The molecule has 0 bridgehead atoms. The van der Waals surface area contributed by atoms with E-state index in [2.05, 4.69) is 31.5 Å². The average molecular weight is 448 g/mol. The third-order valence-corrected chi connectivity index (χ3v) is 5.10. The van der Waals surface area contributed by atoms with E-state index in [1.807, 2.05) is 25.3 Å². The standard InChI is InChI=1S/C19H18BrN3O3S/c1-11-9-15(12(2)26-11)16-10-27-19(22-16)23-17(24)7-8-21-18(25)13-3-5-14(20)6-4-13/h3-6,9-10H,7-8H2,1-2H3,(H,21,25)(H,22,23,24). The highest BCUT2D eigenvalue weighted by Crippen LogP contribution is 2.29. The number of aromatic nitrogens is 1. The van der Waals surface area contributed by atoms with Crippen molar-refractivity contribution >= 4 is 44.2 Å². The van der Waals surface area contributed by atoms with Crippen molar-refractivity contribution in [2.45, 2.75) is 20.3 Å². The molecule has 2 heterocycles. The van der Waals surface area contributed by atoms with Gasteiger partial charge in [-0.2, -0.15) is 0 Å². The van der Waals surface area contributed by atoms with Crippen LogP contribution < -0.4 is 10.6 Å². The quantitative estimate of drug-likeness (QED) is 0.580. The number of nitrogens with one attached hydrogen (secondary N) is 2. The van der Waals surface area contributed by atoms with Crippen LogP contribution in [-0.2, 0) is 4.79 Å². The van der Waals surface area contributed by atoms with Gasteiger partial charge in [0.15, 0.2) is 5.13 Å². The molecule has 3 aromatic rings. The number of carbonyl (C=O) groups is 2. The van der Waals surface area contributed by atoms with Gasteiger partial charge in [0.1, 0.15) is 11.5 Å². The lowest BCUT2D eigenvalue weighted by Gasteiger charge is -2.05. The van der Waals surface area contributed by atoms with Crippen LogP contribution in [0.4, 0.5) is 5.13 Å². The molecule has 8 heteroatoms. The first-order valence-corrected chi connectivity index (χ1v) is 9.96. The smallest absolute Gasteiger partial charge is 0.251 e. The molecule has 2 aromatic heterocycles. The topological polar surface area (TPSA) is 84.2 Å². The second-order valence-corrected chi connectivity index (χ2v) is 7.70. The van der Waals surface area contributed by atoms with Crippen molar-refractivity contribution in [3.05, 3.63) is 57.3 Å². The average Bonchev–Trinajstić information content (AvgIpc) is 3.21. The number of carbonyl (C=O) groups excluding carboxylic acids is 2. The SMILES string of the molecule is Cc1cc(-c2csc(NC(=O)CCNC(=O)c3ccc(Br)cc3)n2)c(C)o1. The van der Waals surface area contributed by atoms with Crippen LogP contribution in [0.1, 0.15) is 28.3 Å². The van der Waals surface area contributed by atoms with Crippen LogP contribution in [0.25, 0.3) is 11.3 Å². The zero-order valence-corrected chi connectivity index (χ0v) is 17.2. The number of anilines is 1. The van der Waals surface area contributed by atoms with Crippen LogP contribution in [-0.4, -0.2) is 23.3 Å². The second kappa shape index (κ2) is 8.49. The summed E-state index contributed by atoms with van der Waals surface area (Å²) in [5.74, 6) is 1.21. The monoisotopic (exact) mass is 447 g/mol. The summed E-state index contributed by atoms with van der Waals surface area (Å²) in [6.45, 7) is 4.02. The molecule has 0 saturated heterocycles. The Morgan fingerprint density at radius 1 is 1.22 bits per heavy atom. The van der Waals surface area contributed by atoms with E-state index in [1.165, 1.54) is 11.3 Å². The van der Waals surface area contributed by atoms with Crippen molar-refractivity contribution in [2.75, 3.05) is 11.9 Å². The number of hydrogen-bond acceptors (Lipinski definition) is 5. The van der Waals surface area contributed by atoms with Gasteiger partial charge in [-0.3, -0.25) is 9.59 Å². The second-order valence-electron chi connectivity index (χ2n) is 5.93. The molecule has 0 unspecified atom stereocenters. The minimum absolute atomic E-state index is 0.168. The van der Waals surface area contributed by atoms with Gasteiger partial charge in [-0.1, -0.05) is 15.9 Å². The summed E-state index contributed by atoms with van der Waals surface area (Å²) in [5, 5.41) is 7.89. The number of rotatable bonds is 6. The lowest BCUT2D eigenvalue weighted by molar-refractivity contribution is -0.116. The maximum absolute atomic E-state index is 12.1. The molecule has 0 fully saturated rings. The van der Waals surface area contributed by atoms with Crippen LogP contribution >= 0.6 is 27.3 Å². The Morgan fingerprint density at radius 2 is 1.96 bits per heavy atom. The van der Waals surface area contributed by atoms with Gasteiger partial charge in [-0.15, -0.1) is 11.3 Å². The van der Waals surface area contributed by atoms with Crippen LogP contribution in [0, 0.1) is 13.8 Å². The number of aryl methyl sites for hydroxylation is 2. The van der Waals surface area contributed by atoms with Crippen molar-refractivity contribution in [1.29, 1.82) is 0 Å². The molecule has 140 valence electrons. The summed E-state index contributed by atoms with van der Waals surface area (Å²) in [6, 6.07) is 8.95. The van der Waals surface area contributed by atoms with E-state index in [-0.39, 0.29) is 24.8 Å². The molecular weight excluding hydrogens is 430 g/mol. The highest BCUT2D eigenvalue weighted by molar-refractivity contribution is 9.10. The van der Waals surface area contributed by atoms with Crippen molar-refractivity contribution in [2.24, 2.45) is 0 Å². The van der Waals surface area contributed by atoms with E-state index in [4.69, 9.17) is 4.42 Å². The van der Waals surface area contributed by atoms with Gasteiger partial charge in [0, 0.05) is 33.9 Å². The molecule has 2 N–H and O–H groups in total. The fourth-order valence-corrected chi connectivity index (χ4v) is 3.51. The van der Waals surface area contributed by atoms with Crippen LogP contribution in [0.2, 0.25) is 0 Å². The fraction of sp³-hybridized carbons (Fsp3) is 0.211. The molecule has 0 aliphatic heterocycles. The molecular formula is C19H18BrN3O3S. The third kappa shape index (κ3) is 5.05. The van der Waals surface area contributed by atoms with Gasteiger partial charge in [0.2, 0.25) is 5.91 Å². The third-order valence-electron chi connectivity index (χ3n) is 3.81. The van der Waals surface area contributed by atoms with Gasteiger partial charge in [-0.05, 0) is 44.2 Å². The van der Waals surface area contributed by atoms with Gasteiger partial charge in [0.25, 0.3) is 5.91 Å². The lowest BCUT2D eigenvalue weighted by atomic mass is 10.2. The Bertz CT molecular complexity index is 963. The van der Waals surface area contributed by atoms with Crippen LogP contribution in [0.5, 0.6) is 0 Å². The van der Waals surface area contributed by atoms with E-state index in [0.717, 1.165) is 27.3 Å². The number of halogens is 1. The lowest BCUT2D eigenvalue weighted by Crippen LogP contribution is -2.27. The van der Waals surface area contributed by atoms with Gasteiger partial charge >= 0.3 is 0 Å². The molecule has 0 aliphatic rings. The molecule has 3 rings (SSSR count). The molecule has 0 spiro atoms. The predicted molar refractivity (Wildman–Crippen MR) is 109 cm³/mol. The summed E-state index contributed by atoms with van der Waals surface area (Å²) >= 11 is 4.68. The van der Waals surface area contributed by atoms with E-state index in [0.29, 0.717) is 10.7 Å². The van der Waals surface area contributed by atoms with Gasteiger partial charge < -0.3 is 15.1 Å². The van der Waals surface area contributed by atoms with Crippen LogP contribution in [0.3, 0.4) is 0 Å². The van der Waals surface area contributed by atoms with E-state index in [9.17, 15) is 9.59 Å². The molecule has 27 heavy (non-hydrogen) atoms. The summed E-state index contributed by atoms with van der Waals surface area (Å²) in [4.78, 5) is 28.5. The van der Waals surface area contributed by atoms with E-state index in [1.54, 1.807) is 24.3 Å². The largest absolute Gasteiger partial charge is 0.466 e. The summed E-state index contributed by atoms with van der Waals surface area (Å²) < 4.78 is 6.42. The van der Waals surface area contributed by atoms with Crippen molar-refractivity contribution in [3.63, 3.8) is 0 Å². The Balaban J connectivity index is 1.49. The summed E-state index contributed by atoms with van der Waals surface area (Å²) in [6.07, 6.45) is 0.168. The maximum atomic E-state index is 12.1. The zero-order valence-electron chi connectivity index (χ0n) is 14.8. The van der Waals surface area contributed by atoms with Gasteiger partial charge in [-0.25, -0.2) is 4.98 Å². The molecule has 6 nitrogen and oxygen atoms in total. The maximum Gasteiger partial charge on any atom is 0.251 e. The highest BCUT2D eigenvalue weighted by atomic mass is 79.9. The number of nitrogens with zero attached hydrogens (tertiary/aromatic N) is 1. The molecule has 0 saturated carbocycles. The minimum atomic E-state index is -0.211. The Morgan fingerprint density at radius 3 is 2.63 bits per heavy atom. The first kappa shape index (κ1) is 19.3. The predicted octanol–water partition coefficient (Wildman–Crippen LogP) is 4.54. The molecule has 0 aliphatic carbocycles. The van der Waals surface area contributed by atoms with Crippen molar-refractivity contribution in [1.82, 2.24) is 10.3 Å². The Kier molecular flexibility index (Phi) is 6.08. The normalized spacial score (nSPS) is 10.6. The first-order valence-electron chi connectivity index (χ1n) is 8.29. The van der Waals surface area contributed by atoms with Gasteiger partial charge in [0.05, 0.1) is 5.69 Å². The molecule has 0 radical (unpaired) electrons. The van der Waals surface area contributed by atoms with E-state index < -0.39 is 0 Å². The number of furan rings is 1. The summed E-state index contributed by atoms with van der Waals surface area (Å²) in [5.41, 5.74) is 2.24. The number of hydrogen-bond donors (Lipinski definition) is 2. The zero-order chi connectivity index (χ0) is 19.4. The molecule has 2 amide bonds. The van der Waals surface area contributed by atoms with E-state index >= 15 is 0 Å². The first-order chi connectivity index (χ1) is 12.9. The minimum Gasteiger partial charge on any atom is -0.466 e. The number of benzene rings is 1.